The van der Waals surface area contributed by atoms with Gasteiger partial charge < -0.3 is 5.11 Å². The van der Waals surface area contributed by atoms with Gasteiger partial charge in [0, 0.05) is 18.2 Å². The minimum absolute atomic E-state index is 0.00584. The molecule has 1 N–H and O–H groups in total. The van der Waals surface area contributed by atoms with E-state index in [4.69, 9.17) is 0 Å². The molecule has 0 aliphatic carbocycles. The second-order valence-electron chi connectivity index (χ2n) is 7.23. The number of nitrogens with zero attached hydrogens (tertiary/aromatic N) is 2. The van der Waals surface area contributed by atoms with Crippen LogP contribution in [-0.2, 0) is 13.0 Å². The van der Waals surface area contributed by atoms with Crippen molar-refractivity contribution in [2.24, 2.45) is 0 Å². The molecule has 3 aromatic carbocycles. The minimum atomic E-state index is -0.827. The van der Waals surface area contributed by atoms with Gasteiger partial charge in [0.15, 0.2) is 0 Å². The highest BCUT2D eigenvalue weighted by Gasteiger charge is 2.21. The van der Waals surface area contributed by atoms with Crippen LogP contribution in [0.5, 0.6) is 5.75 Å². The zero-order valence-electron chi connectivity index (χ0n) is 16.8. The number of hydrogen-bond acceptors (Lipinski definition) is 3. The number of phenols is 1. The molecule has 1 heterocycles. The van der Waals surface area contributed by atoms with Gasteiger partial charge in [0.05, 0.1) is 16.8 Å². The van der Waals surface area contributed by atoms with Crippen LogP contribution in [0.2, 0.25) is 0 Å². The largest absolute Gasteiger partial charge is 0.507 e. The van der Waals surface area contributed by atoms with Crippen molar-refractivity contribution in [3.63, 3.8) is 0 Å². The van der Waals surface area contributed by atoms with Crippen molar-refractivity contribution in [3.8, 4) is 28.3 Å². The summed E-state index contributed by atoms with van der Waals surface area (Å²) in [6, 6.07) is 19.4. The van der Waals surface area contributed by atoms with E-state index in [1.165, 1.54) is 16.7 Å². The zero-order valence-corrected chi connectivity index (χ0v) is 16.8. The van der Waals surface area contributed by atoms with Crippen LogP contribution in [0.1, 0.15) is 11.3 Å². The molecule has 6 heteroatoms. The molecule has 1 aromatic heterocycles. The molecule has 0 spiro atoms. The van der Waals surface area contributed by atoms with Crippen LogP contribution < -0.4 is 5.56 Å². The molecule has 0 amide bonds. The third kappa shape index (κ3) is 4.10. The molecular formula is C25H20F2N2O2. The highest BCUT2D eigenvalue weighted by molar-refractivity contribution is 5.70. The van der Waals surface area contributed by atoms with Gasteiger partial charge in [-0.1, -0.05) is 42.5 Å². The Hall–Kier alpha value is -3.80. The molecule has 0 bridgehead atoms. The predicted molar refractivity (Wildman–Crippen MR) is 116 cm³/mol. The number of benzene rings is 3. The number of para-hydroxylation sites is 1. The number of hydrogen-bond donors (Lipinski definition) is 1. The topological polar surface area (TPSA) is 55.1 Å². The highest BCUT2D eigenvalue weighted by atomic mass is 19.1. The Morgan fingerprint density at radius 1 is 0.935 bits per heavy atom. The molecule has 4 nitrogen and oxygen atoms in total. The van der Waals surface area contributed by atoms with E-state index < -0.39 is 17.2 Å². The number of aromatic hydroxyl groups is 1. The maximum Gasteiger partial charge on any atom is 0.262 e. The van der Waals surface area contributed by atoms with E-state index in [2.05, 4.69) is 4.98 Å². The van der Waals surface area contributed by atoms with Crippen molar-refractivity contribution in [3.05, 3.63) is 106 Å². The van der Waals surface area contributed by atoms with Crippen molar-refractivity contribution >= 4 is 0 Å². The molecule has 0 unspecified atom stereocenters. The van der Waals surface area contributed by atoms with E-state index in [-0.39, 0.29) is 23.4 Å². The van der Waals surface area contributed by atoms with Crippen molar-refractivity contribution in [1.82, 2.24) is 9.55 Å². The molecule has 0 aliphatic rings. The van der Waals surface area contributed by atoms with Crippen molar-refractivity contribution in [2.45, 2.75) is 19.9 Å². The van der Waals surface area contributed by atoms with Gasteiger partial charge in [0.1, 0.15) is 23.2 Å². The summed E-state index contributed by atoms with van der Waals surface area (Å²) in [5, 5.41) is 10.4. The SMILES string of the molecule is Cc1nc(-c2ccccc2O)n(CCc2ccccc2)c(=O)c1-c1ccc(F)cc1F. The maximum absolute atomic E-state index is 14.5. The van der Waals surface area contributed by atoms with Crippen LogP contribution in [0.25, 0.3) is 22.5 Å². The van der Waals surface area contributed by atoms with E-state index in [1.807, 2.05) is 30.3 Å². The summed E-state index contributed by atoms with van der Waals surface area (Å²) in [7, 11) is 0. The number of rotatable bonds is 5. The molecule has 4 aromatic rings. The van der Waals surface area contributed by atoms with Gasteiger partial charge in [-0.3, -0.25) is 9.36 Å². The normalized spacial score (nSPS) is 10.9. The van der Waals surface area contributed by atoms with Gasteiger partial charge >= 0.3 is 0 Å². The molecule has 4 rings (SSSR count). The van der Waals surface area contributed by atoms with Crippen molar-refractivity contribution < 1.29 is 13.9 Å². The molecule has 0 aliphatic heterocycles. The average molecular weight is 418 g/mol. The second-order valence-corrected chi connectivity index (χ2v) is 7.23. The molecule has 0 radical (unpaired) electrons. The molecule has 31 heavy (non-hydrogen) atoms. The third-order valence-electron chi connectivity index (χ3n) is 5.16. The van der Waals surface area contributed by atoms with Gasteiger partial charge in [0.25, 0.3) is 5.56 Å². The summed E-state index contributed by atoms with van der Waals surface area (Å²) in [6.07, 6.45) is 0.539. The smallest absolute Gasteiger partial charge is 0.262 e. The highest BCUT2D eigenvalue weighted by Crippen LogP contribution is 2.30. The molecule has 0 fully saturated rings. The lowest BCUT2D eigenvalue weighted by molar-refractivity contribution is 0.476. The summed E-state index contributed by atoms with van der Waals surface area (Å²) in [5.74, 6) is -1.26. The lowest BCUT2D eigenvalue weighted by atomic mass is 10.0. The first-order valence-corrected chi connectivity index (χ1v) is 9.85. The number of halogens is 2. The molecular weight excluding hydrogens is 398 g/mol. The van der Waals surface area contributed by atoms with E-state index >= 15 is 0 Å². The van der Waals surface area contributed by atoms with E-state index in [9.17, 15) is 18.7 Å². The fraction of sp³-hybridized carbons (Fsp3) is 0.120. The van der Waals surface area contributed by atoms with Crippen LogP contribution >= 0.6 is 0 Å². The molecule has 0 atom stereocenters. The van der Waals surface area contributed by atoms with Crippen LogP contribution in [0, 0.1) is 18.6 Å². The lowest BCUT2D eigenvalue weighted by Gasteiger charge is -2.17. The van der Waals surface area contributed by atoms with E-state index in [1.54, 1.807) is 25.1 Å². The summed E-state index contributed by atoms with van der Waals surface area (Å²) in [6.45, 7) is 1.88. The Balaban J connectivity index is 1.91. The van der Waals surface area contributed by atoms with Gasteiger partial charge in [0.2, 0.25) is 0 Å². The minimum Gasteiger partial charge on any atom is -0.507 e. The Labute approximate surface area is 178 Å². The fourth-order valence-electron chi connectivity index (χ4n) is 3.62. The quantitative estimate of drug-likeness (QED) is 0.490. The van der Waals surface area contributed by atoms with Gasteiger partial charge in [-0.15, -0.1) is 0 Å². The first-order chi connectivity index (χ1) is 15.0. The standard InChI is InChI=1S/C25H20F2N2O2/c1-16-23(19-12-11-18(26)15-21(19)27)25(31)29(14-13-17-7-3-2-4-8-17)24(28-16)20-9-5-6-10-22(20)30/h2-12,15,30H,13-14H2,1H3. The molecule has 0 saturated heterocycles. The molecule has 0 saturated carbocycles. The predicted octanol–water partition coefficient (Wildman–Crippen LogP) is 5.11. The first-order valence-electron chi connectivity index (χ1n) is 9.85. The van der Waals surface area contributed by atoms with E-state index in [0.717, 1.165) is 17.7 Å². The van der Waals surface area contributed by atoms with E-state index in [0.29, 0.717) is 23.5 Å². The Bertz CT molecular complexity index is 1300. The number of aryl methyl sites for hydroxylation is 2. The second kappa shape index (κ2) is 8.52. The molecule has 156 valence electrons. The number of phenolic OH excluding ortho intramolecular Hbond substituents is 1. The van der Waals surface area contributed by atoms with Crippen LogP contribution in [0.4, 0.5) is 8.78 Å². The summed E-state index contributed by atoms with van der Waals surface area (Å²) < 4.78 is 29.4. The summed E-state index contributed by atoms with van der Waals surface area (Å²) >= 11 is 0. The van der Waals surface area contributed by atoms with Crippen LogP contribution in [0.3, 0.4) is 0 Å². The Morgan fingerprint density at radius 3 is 2.35 bits per heavy atom. The van der Waals surface area contributed by atoms with Gasteiger partial charge in [-0.2, -0.15) is 0 Å². The van der Waals surface area contributed by atoms with Crippen LogP contribution in [-0.4, -0.2) is 14.7 Å². The average Bonchev–Trinajstić information content (AvgIpc) is 2.75. The lowest BCUT2D eigenvalue weighted by Crippen LogP contribution is -2.27. The maximum atomic E-state index is 14.5. The zero-order chi connectivity index (χ0) is 22.0. The van der Waals surface area contributed by atoms with Crippen molar-refractivity contribution in [2.75, 3.05) is 0 Å². The summed E-state index contributed by atoms with van der Waals surface area (Å²) in [4.78, 5) is 18.1. The third-order valence-corrected chi connectivity index (χ3v) is 5.16. The number of aromatic nitrogens is 2. The first kappa shape index (κ1) is 20.5. The van der Waals surface area contributed by atoms with Crippen LogP contribution in [0.15, 0.2) is 77.6 Å². The summed E-state index contributed by atoms with van der Waals surface area (Å²) in [5.41, 5.74) is 1.34. The van der Waals surface area contributed by atoms with Crippen molar-refractivity contribution in [1.29, 1.82) is 0 Å². The van der Waals surface area contributed by atoms with Gasteiger partial charge in [-0.25, -0.2) is 13.8 Å². The monoisotopic (exact) mass is 418 g/mol. The van der Waals surface area contributed by atoms with Gasteiger partial charge in [-0.05, 0) is 43.2 Å². The fourth-order valence-corrected chi connectivity index (χ4v) is 3.62. The Kier molecular flexibility index (Phi) is 5.62. The Morgan fingerprint density at radius 2 is 1.65 bits per heavy atom.